The molecule has 0 saturated carbocycles. The van der Waals surface area contributed by atoms with E-state index in [1.165, 1.54) is 5.56 Å². The molecule has 0 amide bonds. The number of hydrogen-bond acceptors (Lipinski definition) is 3. The van der Waals surface area contributed by atoms with Crippen LogP contribution in [-0.2, 0) is 0 Å². The Hall–Kier alpha value is -1.87. The quantitative estimate of drug-likeness (QED) is 0.604. The highest BCUT2D eigenvalue weighted by Crippen LogP contribution is 2.32. The van der Waals surface area contributed by atoms with E-state index < -0.39 is 0 Å². The van der Waals surface area contributed by atoms with E-state index in [-0.39, 0.29) is 5.92 Å². The zero-order valence-electron chi connectivity index (χ0n) is 12.6. The van der Waals surface area contributed by atoms with Crippen LogP contribution >= 0.6 is 11.6 Å². The highest BCUT2D eigenvalue weighted by molar-refractivity contribution is 6.30. The van der Waals surface area contributed by atoms with Gasteiger partial charge in [0.25, 0.3) is 0 Å². The topological polar surface area (TPSA) is 38.9 Å². The third-order valence-corrected chi connectivity index (χ3v) is 3.89. The molecule has 21 heavy (non-hydrogen) atoms. The minimum Gasteiger partial charge on any atom is -0.454 e. The molecule has 0 radical (unpaired) electrons. The summed E-state index contributed by atoms with van der Waals surface area (Å²) in [6.07, 6.45) is 0. The fourth-order valence-electron chi connectivity index (χ4n) is 2.28. The normalized spacial score (nSPS) is 11.5. The van der Waals surface area contributed by atoms with Crippen LogP contribution in [0.1, 0.15) is 36.7 Å². The van der Waals surface area contributed by atoms with Crippen LogP contribution in [0.5, 0.6) is 0 Å². The zero-order chi connectivity index (χ0) is 15.1. The predicted octanol–water partition coefficient (Wildman–Crippen LogP) is 5.28. The molecule has 0 spiro atoms. The van der Waals surface area contributed by atoms with Gasteiger partial charge in [-0.05, 0) is 32.0 Å². The van der Waals surface area contributed by atoms with Gasteiger partial charge in [0.2, 0.25) is 0 Å². The van der Waals surface area contributed by atoms with Crippen LogP contribution in [0.15, 0.2) is 28.7 Å². The van der Waals surface area contributed by atoms with Gasteiger partial charge in [0.15, 0.2) is 5.76 Å². The Morgan fingerprint density at radius 3 is 2.57 bits per heavy atom. The average molecular weight is 301 g/mol. The van der Waals surface area contributed by atoms with Crippen LogP contribution in [0.2, 0.25) is 5.15 Å². The molecule has 2 aromatic heterocycles. The molecular formula is C17H17ClN2O. The van der Waals surface area contributed by atoms with Crippen molar-refractivity contribution in [3.63, 3.8) is 0 Å². The molecule has 2 heterocycles. The second kappa shape index (κ2) is 5.15. The molecule has 108 valence electrons. The molecule has 0 aliphatic carbocycles. The Kier molecular flexibility index (Phi) is 3.46. The number of hydrogen-bond donors (Lipinski definition) is 0. The van der Waals surface area contributed by atoms with Crippen molar-refractivity contribution in [3.8, 4) is 11.5 Å². The van der Waals surface area contributed by atoms with Gasteiger partial charge >= 0.3 is 0 Å². The number of aryl methyl sites for hydroxylation is 1. The van der Waals surface area contributed by atoms with Crippen molar-refractivity contribution in [1.29, 1.82) is 0 Å². The van der Waals surface area contributed by atoms with Gasteiger partial charge in [0.1, 0.15) is 22.3 Å². The summed E-state index contributed by atoms with van der Waals surface area (Å²) in [5, 5.41) is 1.56. The molecular weight excluding hydrogens is 284 g/mol. The van der Waals surface area contributed by atoms with Crippen LogP contribution in [0, 0.1) is 13.8 Å². The number of nitrogens with zero attached hydrogens (tertiary/aromatic N) is 2. The third-order valence-electron chi connectivity index (χ3n) is 3.53. The van der Waals surface area contributed by atoms with Crippen molar-refractivity contribution in [2.24, 2.45) is 0 Å². The van der Waals surface area contributed by atoms with Gasteiger partial charge in [0, 0.05) is 16.9 Å². The second-order valence-corrected chi connectivity index (χ2v) is 6.01. The van der Waals surface area contributed by atoms with E-state index in [2.05, 4.69) is 23.0 Å². The maximum Gasteiger partial charge on any atom is 0.154 e. The third kappa shape index (κ3) is 2.54. The van der Waals surface area contributed by atoms with Gasteiger partial charge in [-0.25, -0.2) is 9.97 Å². The summed E-state index contributed by atoms with van der Waals surface area (Å²) in [5.74, 6) is 1.69. The lowest BCUT2D eigenvalue weighted by molar-refractivity contribution is 0.625. The molecule has 3 rings (SSSR count). The summed E-state index contributed by atoms with van der Waals surface area (Å²) in [7, 11) is 0. The fourth-order valence-corrected chi connectivity index (χ4v) is 2.46. The lowest BCUT2D eigenvalue weighted by Crippen LogP contribution is -2.01. The van der Waals surface area contributed by atoms with Crippen molar-refractivity contribution in [3.05, 3.63) is 46.4 Å². The average Bonchev–Trinajstić information content (AvgIpc) is 2.84. The van der Waals surface area contributed by atoms with Gasteiger partial charge in [-0.2, -0.15) is 0 Å². The van der Waals surface area contributed by atoms with Gasteiger partial charge in [-0.3, -0.25) is 0 Å². The van der Waals surface area contributed by atoms with Gasteiger partial charge in [-0.1, -0.05) is 37.1 Å². The van der Waals surface area contributed by atoms with Crippen LogP contribution < -0.4 is 0 Å². The first-order valence-corrected chi connectivity index (χ1v) is 7.38. The van der Waals surface area contributed by atoms with Gasteiger partial charge in [0.05, 0.1) is 0 Å². The molecule has 3 nitrogen and oxygen atoms in total. The Bertz CT molecular complexity index is 821. The summed E-state index contributed by atoms with van der Waals surface area (Å²) in [6, 6.07) is 8.13. The molecule has 4 heteroatoms. The van der Waals surface area contributed by atoms with E-state index >= 15 is 0 Å². The Morgan fingerprint density at radius 2 is 1.86 bits per heavy atom. The Labute approximate surface area is 129 Å². The molecule has 0 atom stereocenters. The standard InChI is InChI=1S/C17H17ClN2O/c1-9(2)17-19-15(11(4)16(18)20-17)14-8-12-7-10(3)5-6-13(12)21-14/h5-9H,1-4H3. The number of benzene rings is 1. The van der Waals surface area contributed by atoms with E-state index in [9.17, 15) is 0 Å². The zero-order valence-corrected chi connectivity index (χ0v) is 13.3. The smallest absolute Gasteiger partial charge is 0.154 e. The molecule has 0 aliphatic heterocycles. The molecule has 1 aromatic carbocycles. The van der Waals surface area contributed by atoms with E-state index in [1.54, 1.807) is 0 Å². The number of aromatic nitrogens is 2. The second-order valence-electron chi connectivity index (χ2n) is 5.65. The Morgan fingerprint density at radius 1 is 1.10 bits per heavy atom. The first-order valence-electron chi connectivity index (χ1n) is 7.00. The van der Waals surface area contributed by atoms with Crippen molar-refractivity contribution in [2.45, 2.75) is 33.6 Å². The molecule has 0 fully saturated rings. The minimum atomic E-state index is 0.216. The van der Waals surface area contributed by atoms with E-state index in [0.29, 0.717) is 5.15 Å². The fraction of sp³-hybridized carbons (Fsp3) is 0.294. The maximum absolute atomic E-state index is 6.24. The highest BCUT2D eigenvalue weighted by atomic mass is 35.5. The molecule has 0 saturated heterocycles. The summed E-state index contributed by atoms with van der Waals surface area (Å²) in [5.41, 5.74) is 3.68. The summed E-state index contributed by atoms with van der Waals surface area (Å²) >= 11 is 6.24. The van der Waals surface area contributed by atoms with Crippen LogP contribution in [0.3, 0.4) is 0 Å². The molecule has 3 aromatic rings. The van der Waals surface area contributed by atoms with Gasteiger partial charge in [-0.15, -0.1) is 0 Å². The lowest BCUT2D eigenvalue weighted by Gasteiger charge is -2.09. The predicted molar refractivity (Wildman–Crippen MR) is 85.8 cm³/mol. The van der Waals surface area contributed by atoms with Crippen LogP contribution in [-0.4, -0.2) is 9.97 Å². The van der Waals surface area contributed by atoms with E-state index in [1.807, 2.05) is 39.0 Å². The molecule has 0 bridgehead atoms. The number of rotatable bonds is 2. The number of halogens is 1. The lowest BCUT2D eigenvalue weighted by atomic mass is 10.1. The summed E-state index contributed by atoms with van der Waals surface area (Å²) in [4.78, 5) is 8.97. The first-order chi connectivity index (χ1) is 9.95. The van der Waals surface area contributed by atoms with E-state index in [4.69, 9.17) is 16.0 Å². The minimum absolute atomic E-state index is 0.216. The van der Waals surface area contributed by atoms with Crippen LogP contribution in [0.4, 0.5) is 0 Å². The molecule has 0 unspecified atom stereocenters. The largest absolute Gasteiger partial charge is 0.454 e. The monoisotopic (exact) mass is 300 g/mol. The SMILES string of the molecule is Cc1ccc2oc(-c3nc(C(C)C)nc(Cl)c3C)cc2c1. The van der Waals surface area contributed by atoms with Crippen LogP contribution in [0.25, 0.3) is 22.4 Å². The van der Waals surface area contributed by atoms with Crippen molar-refractivity contribution < 1.29 is 4.42 Å². The number of furan rings is 1. The van der Waals surface area contributed by atoms with E-state index in [0.717, 1.165) is 33.8 Å². The number of fused-ring (bicyclic) bond motifs is 1. The first kappa shape index (κ1) is 14.1. The van der Waals surface area contributed by atoms with Crippen molar-refractivity contribution >= 4 is 22.6 Å². The summed E-state index contributed by atoms with van der Waals surface area (Å²) in [6.45, 7) is 8.08. The maximum atomic E-state index is 6.24. The van der Waals surface area contributed by atoms with Crippen molar-refractivity contribution in [1.82, 2.24) is 9.97 Å². The van der Waals surface area contributed by atoms with Gasteiger partial charge < -0.3 is 4.42 Å². The Balaban J connectivity index is 2.21. The highest BCUT2D eigenvalue weighted by Gasteiger charge is 2.16. The van der Waals surface area contributed by atoms with Crippen molar-refractivity contribution in [2.75, 3.05) is 0 Å². The molecule has 0 aliphatic rings. The summed E-state index contributed by atoms with van der Waals surface area (Å²) < 4.78 is 5.93. The molecule has 0 N–H and O–H groups in total.